The molecule has 2 N–H and O–H groups in total. The molecule has 0 aromatic heterocycles. The highest BCUT2D eigenvalue weighted by Gasteiger charge is 2.14. The van der Waals surface area contributed by atoms with Gasteiger partial charge in [0.15, 0.2) is 0 Å². The molecule has 0 atom stereocenters. The minimum absolute atomic E-state index is 0.120. The van der Waals surface area contributed by atoms with Gasteiger partial charge >= 0.3 is 0 Å². The Morgan fingerprint density at radius 3 is 2.39 bits per heavy atom. The van der Waals surface area contributed by atoms with Crippen molar-refractivity contribution in [2.75, 3.05) is 25.1 Å². The largest absolute Gasteiger partial charge is 0.381 e. The number of hydrogen-bond donors (Lipinski definition) is 2. The molecule has 0 aliphatic heterocycles. The molecule has 0 radical (unpaired) electrons. The van der Waals surface area contributed by atoms with E-state index in [4.69, 9.17) is 0 Å². The Kier molecular flexibility index (Phi) is 5.48. The Morgan fingerprint density at radius 1 is 1.28 bits per heavy atom. The Hall–Kier alpha value is -1.72. The molecule has 1 rings (SSSR count). The van der Waals surface area contributed by atoms with E-state index >= 15 is 0 Å². The predicted octanol–water partition coefficient (Wildman–Crippen LogP) is 2.49. The Labute approximate surface area is 103 Å². The summed E-state index contributed by atoms with van der Waals surface area (Å²) in [6.07, 6.45) is 0.173. The lowest BCUT2D eigenvalue weighted by Crippen LogP contribution is -2.25. The van der Waals surface area contributed by atoms with Crippen LogP contribution in [0.1, 0.15) is 23.7 Å². The Bertz CT molecular complexity index is 401. The Morgan fingerprint density at radius 2 is 1.89 bits per heavy atom. The van der Waals surface area contributed by atoms with Crippen molar-refractivity contribution < 1.29 is 18.0 Å². The van der Waals surface area contributed by atoms with E-state index in [0.717, 1.165) is 12.1 Å². The number of anilines is 1. The molecule has 0 aliphatic rings. The first kappa shape index (κ1) is 14.3. The van der Waals surface area contributed by atoms with Gasteiger partial charge < -0.3 is 10.6 Å². The third-order valence-corrected chi connectivity index (χ3v) is 2.25. The van der Waals surface area contributed by atoms with Gasteiger partial charge in [0.2, 0.25) is 0 Å². The molecule has 100 valence electrons. The number of carbonyl (C=O) groups excluding carboxylic acids is 1. The first-order valence-electron chi connectivity index (χ1n) is 5.67. The van der Waals surface area contributed by atoms with Crippen LogP contribution in [0.5, 0.6) is 0 Å². The number of carbonyl (C=O) groups is 1. The van der Waals surface area contributed by atoms with Gasteiger partial charge in [-0.05, 0) is 25.5 Å². The lowest BCUT2D eigenvalue weighted by atomic mass is 10.1. The fraction of sp³-hybridized carbons (Fsp3) is 0.417. The van der Waals surface area contributed by atoms with E-state index in [1.165, 1.54) is 0 Å². The van der Waals surface area contributed by atoms with E-state index in [1.54, 1.807) is 6.92 Å². The van der Waals surface area contributed by atoms with Gasteiger partial charge in [0.1, 0.15) is 17.3 Å². The number of alkyl halides is 1. The van der Waals surface area contributed by atoms with Crippen molar-refractivity contribution in [2.24, 2.45) is 0 Å². The standard InChI is InChI=1S/C12H15F3N2O/c1-2-16-11-9(14)6-8(7-10(11)15)12(18)17-5-3-4-13/h6-7,16H,2-5H2,1H3,(H,17,18). The molecule has 0 bridgehead atoms. The zero-order valence-corrected chi connectivity index (χ0v) is 10.0. The van der Waals surface area contributed by atoms with Crippen LogP contribution in [0.2, 0.25) is 0 Å². The maximum absolute atomic E-state index is 13.5. The van der Waals surface area contributed by atoms with Crippen LogP contribution in [-0.4, -0.2) is 25.7 Å². The zero-order chi connectivity index (χ0) is 13.5. The number of hydrogen-bond acceptors (Lipinski definition) is 2. The zero-order valence-electron chi connectivity index (χ0n) is 10.0. The van der Waals surface area contributed by atoms with Gasteiger partial charge in [-0.15, -0.1) is 0 Å². The van der Waals surface area contributed by atoms with Crippen molar-refractivity contribution in [1.82, 2.24) is 5.32 Å². The summed E-state index contributed by atoms with van der Waals surface area (Å²) in [5.41, 5.74) is -0.372. The summed E-state index contributed by atoms with van der Waals surface area (Å²) in [7, 11) is 0. The van der Waals surface area contributed by atoms with Crippen LogP contribution < -0.4 is 10.6 Å². The molecule has 1 amide bonds. The predicted molar refractivity (Wildman–Crippen MR) is 63.4 cm³/mol. The second-order valence-electron chi connectivity index (χ2n) is 3.64. The van der Waals surface area contributed by atoms with E-state index in [1.807, 2.05) is 0 Å². The number of amides is 1. The molecule has 0 fully saturated rings. The normalized spacial score (nSPS) is 10.2. The van der Waals surface area contributed by atoms with Crippen molar-refractivity contribution in [3.63, 3.8) is 0 Å². The van der Waals surface area contributed by atoms with E-state index in [0.29, 0.717) is 6.54 Å². The van der Waals surface area contributed by atoms with Crippen molar-refractivity contribution in [3.05, 3.63) is 29.3 Å². The van der Waals surface area contributed by atoms with Crippen LogP contribution in [-0.2, 0) is 0 Å². The van der Waals surface area contributed by atoms with E-state index in [9.17, 15) is 18.0 Å². The first-order valence-corrected chi connectivity index (χ1v) is 5.67. The molecule has 0 heterocycles. The highest BCUT2D eigenvalue weighted by Crippen LogP contribution is 2.20. The summed E-state index contributed by atoms with van der Waals surface area (Å²) >= 11 is 0. The van der Waals surface area contributed by atoms with Gasteiger partial charge in [0, 0.05) is 18.7 Å². The second kappa shape index (κ2) is 6.88. The van der Waals surface area contributed by atoms with Crippen LogP contribution in [0, 0.1) is 11.6 Å². The molecular formula is C12H15F3N2O. The number of rotatable bonds is 6. The molecule has 0 spiro atoms. The minimum atomic E-state index is -0.826. The number of halogens is 3. The number of benzene rings is 1. The summed E-state index contributed by atoms with van der Waals surface area (Å²) in [6.45, 7) is 1.65. The maximum atomic E-state index is 13.5. The lowest BCUT2D eigenvalue weighted by Gasteiger charge is -2.09. The third kappa shape index (κ3) is 3.65. The van der Waals surface area contributed by atoms with Crippen LogP contribution in [0.15, 0.2) is 12.1 Å². The van der Waals surface area contributed by atoms with Gasteiger partial charge in [-0.3, -0.25) is 9.18 Å². The van der Waals surface area contributed by atoms with E-state index < -0.39 is 24.2 Å². The van der Waals surface area contributed by atoms with Crippen LogP contribution >= 0.6 is 0 Å². The van der Waals surface area contributed by atoms with E-state index in [-0.39, 0.29) is 24.2 Å². The SMILES string of the molecule is CCNc1c(F)cc(C(=O)NCCCF)cc1F. The first-order chi connectivity index (χ1) is 8.60. The van der Waals surface area contributed by atoms with Gasteiger partial charge in [0.25, 0.3) is 5.91 Å². The molecule has 18 heavy (non-hydrogen) atoms. The maximum Gasteiger partial charge on any atom is 0.251 e. The van der Waals surface area contributed by atoms with Crippen molar-refractivity contribution in [1.29, 1.82) is 0 Å². The molecular weight excluding hydrogens is 245 g/mol. The highest BCUT2D eigenvalue weighted by atomic mass is 19.1. The average molecular weight is 260 g/mol. The smallest absolute Gasteiger partial charge is 0.251 e. The van der Waals surface area contributed by atoms with Crippen LogP contribution in [0.4, 0.5) is 18.9 Å². The average Bonchev–Trinajstić information content (AvgIpc) is 2.33. The summed E-state index contributed by atoms with van der Waals surface area (Å²) in [4.78, 5) is 11.5. The van der Waals surface area contributed by atoms with Gasteiger partial charge in [0.05, 0.1) is 6.67 Å². The fourth-order valence-corrected chi connectivity index (χ4v) is 1.42. The highest BCUT2D eigenvalue weighted by molar-refractivity contribution is 5.94. The minimum Gasteiger partial charge on any atom is -0.381 e. The third-order valence-electron chi connectivity index (χ3n) is 2.25. The lowest BCUT2D eigenvalue weighted by molar-refractivity contribution is 0.0951. The van der Waals surface area contributed by atoms with Crippen LogP contribution in [0.25, 0.3) is 0 Å². The molecule has 0 aliphatic carbocycles. The van der Waals surface area contributed by atoms with E-state index in [2.05, 4.69) is 10.6 Å². The molecule has 1 aromatic carbocycles. The molecule has 0 unspecified atom stereocenters. The van der Waals surface area contributed by atoms with Gasteiger partial charge in [-0.1, -0.05) is 0 Å². The fourth-order valence-electron chi connectivity index (χ4n) is 1.42. The summed E-state index contributed by atoms with van der Waals surface area (Å²) in [5, 5.41) is 4.90. The Balaban J connectivity index is 2.82. The number of nitrogens with one attached hydrogen (secondary N) is 2. The summed E-state index contributed by atoms with van der Waals surface area (Å²) in [5.74, 6) is -2.27. The second-order valence-corrected chi connectivity index (χ2v) is 3.64. The quantitative estimate of drug-likeness (QED) is 0.771. The van der Waals surface area contributed by atoms with Gasteiger partial charge in [-0.2, -0.15) is 0 Å². The molecule has 6 heteroatoms. The van der Waals surface area contributed by atoms with Crippen molar-refractivity contribution >= 4 is 11.6 Å². The van der Waals surface area contributed by atoms with Gasteiger partial charge in [-0.25, -0.2) is 8.78 Å². The molecule has 3 nitrogen and oxygen atoms in total. The topological polar surface area (TPSA) is 41.1 Å². The summed E-state index contributed by atoms with van der Waals surface area (Å²) < 4.78 is 38.8. The van der Waals surface area contributed by atoms with Crippen molar-refractivity contribution in [3.8, 4) is 0 Å². The molecule has 0 saturated carbocycles. The summed E-state index contributed by atoms with van der Waals surface area (Å²) in [6, 6.07) is 1.90. The van der Waals surface area contributed by atoms with Crippen LogP contribution in [0.3, 0.4) is 0 Å². The molecule has 1 aromatic rings. The van der Waals surface area contributed by atoms with Crippen molar-refractivity contribution in [2.45, 2.75) is 13.3 Å². The monoisotopic (exact) mass is 260 g/mol. The molecule has 0 saturated heterocycles.